The predicted molar refractivity (Wildman–Crippen MR) is 103 cm³/mol. The summed E-state index contributed by atoms with van der Waals surface area (Å²) in [6.07, 6.45) is 1.43. The van der Waals surface area contributed by atoms with Crippen molar-refractivity contribution in [1.29, 1.82) is 0 Å². The molecule has 9 heteroatoms. The average molecular weight is 388 g/mol. The molecule has 0 spiro atoms. The number of primary amides is 1. The lowest BCUT2D eigenvalue weighted by Crippen LogP contribution is -2.41. The Morgan fingerprint density at radius 2 is 1.93 bits per heavy atom. The SMILES string of the molecule is COc1ccc(C(c2nnnn2C(C)C)N2CCC(C(N)=O)CC2)c(OC)c1. The van der Waals surface area contributed by atoms with Crippen LogP contribution in [0.4, 0.5) is 0 Å². The van der Waals surface area contributed by atoms with Crippen molar-refractivity contribution in [2.24, 2.45) is 11.7 Å². The van der Waals surface area contributed by atoms with Gasteiger partial charge in [0.2, 0.25) is 5.91 Å². The first-order chi connectivity index (χ1) is 13.5. The van der Waals surface area contributed by atoms with E-state index in [9.17, 15) is 4.79 Å². The highest BCUT2D eigenvalue weighted by atomic mass is 16.5. The number of carbonyl (C=O) groups excluding carboxylic acids is 1. The fourth-order valence-corrected chi connectivity index (χ4v) is 3.73. The van der Waals surface area contributed by atoms with Crippen molar-refractivity contribution in [2.45, 2.75) is 38.8 Å². The fraction of sp³-hybridized carbons (Fsp3) is 0.579. The molecule has 1 atom stereocenters. The highest BCUT2D eigenvalue weighted by Crippen LogP contribution is 2.38. The van der Waals surface area contributed by atoms with E-state index in [-0.39, 0.29) is 23.9 Å². The number of likely N-dealkylation sites (tertiary alicyclic amines) is 1. The van der Waals surface area contributed by atoms with Gasteiger partial charge in [-0.2, -0.15) is 0 Å². The average Bonchev–Trinajstić information content (AvgIpc) is 3.18. The maximum atomic E-state index is 11.6. The third kappa shape index (κ3) is 3.94. The number of tetrazole rings is 1. The Bertz CT molecular complexity index is 814. The van der Waals surface area contributed by atoms with E-state index in [1.165, 1.54) is 0 Å². The van der Waals surface area contributed by atoms with Gasteiger partial charge < -0.3 is 15.2 Å². The Morgan fingerprint density at radius 3 is 2.50 bits per heavy atom. The first-order valence-corrected chi connectivity index (χ1v) is 9.49. The minimum Gasteiger partial charge on any atom is -0.497 e. The van der Waals surface area contributed by atoms with Crippen LogP contribution in [0.3, 0.4) is 0 Å². The summed E-state index contributed by atoms with van der Waals surface area (Å²) in [5.41, 5.74) is 6.46. The van der Waals surface area contributed by atoms with Crippen LogP contribution in [0.2, 0.25) is 0 Å². The van der Waals surface area contributed by atoms with Crippen molar-refractivity contribution in [2.75, 3.05) is 27.3 Å². The van der Waals surface area contributed by atoms with Crippen molar-refractivity contribution in [3.63, 3.8) is 0 Å². The van der Waals surface area contributed by atoms with Gasteiger partial charge in [0.1, 0.15) is 17.5 Å². The van der Waals surface area contributed by atoms with Crippen LogP contribution in [-0.2, 0) is 4.79 Å². The number of nitrogens with zero attached hydrogens (tertiary/aromatic N) is 5. The Morgan fingerprint density at radius 1 is 1.21 bits per heavy atom. The third-order valence-electron chi connectivity index (χ3n) is 5.28. The minimum atomic E-state index is -0.231. The zero-order valence-electron chi connectivity index (χ0n) is 16.8. The van der Waals surface area contributed by atoms with Gasteiger partial charge in [0, 0.05) is 17.5 Å². The molecule has 0 aliphatic carbocycles. The van der Waals surface area contributed by atoms with E-state index in [0.717, 1.165) is 30.2 Å². The van der Waals surface area contributed by atoms with Crippen LogP contribution in [0.15, 0.2) is 18.2 Å². The molecule has 1 aliphatic rings. The van der Waals surface area contributed by atoms with E-state index in [1.54, 1.807) is 14.2 Å². The van der Waals surface area contributed by atoms with Gasteiger partial charge >= 0.3 is 0 Å². The van der Waals surface area contributed by atoms with Gasteiger partial charge in [0.25, 0.3) is 0 Å². The van der Waals surface area contributed by atoms with E-state index in [0.29, 0.717) is 18.6 Å². The summed E-state index contributed by atoms with van der Waals surface area (Å²) >= 11 is 0. The number of hydrogen-bond acceptors (Lipinski definition) is 7. The molecule has 2 N–H and O–H groups in total. The topological polar surface area (TPSA) is 108 Å². The number of amides is 1. The molecule has 1 aromatic heterocycles. The smallest absolute Gasteiger partial charge is 0.220 e. The maximum absolute atomic E-state index is 11.6. The second-order valence-corrected chi connectivity index (χ2v) is 7.30. The summed E-state index contributed by atoms with van der Waals surface area (Å²) in [5.74, 6) is 1.85. The molecule has 28 heavy (non-hydrogen) atoms. The van der Waals surface area contributed by atoms with Crippen molar-refractivity contribution >= 4 is 5.91 Å². The van der Waals surface area contributed by atoms with Gasteiger partial charge in [0.15, 0.2) is 5.82 Å². The number of piperidine rings is 1. The molecule has 1 unspecified atom stereocenters. The zero-order valence-corrected chi connectivity index (χ0v) is 16.8. The summed E-state index contributed by atoms with van der Waals surface area (Å²) in [7, 11) is 3.26. The van der Waals surface area contributed by atoms with Gasteiger partial charge in [-0.15, -0.1) is 5.10 Å². The van der Waals surface area contributed by atoms with Crippen LogP contribution < -0.4 is 15.2 Å². The summed E-state index contributed by atoms with van der Waals surface area (Å²) in [4.78, 5) is 13.9. The predicted octanol–water partition coefficient (Wildman–Crippen LogP) is 1.56. The quantitative estimate of drug-likeness (QED) is 0.767. The lowest BCUT2D eigenvalue weighted by Gasteiger charge is -2.37. The Hall–Kier alpha value is -2.68. The van der Waals surface area contributed by atoms with Crippen molar-refractivity contribution in [1.82, 2.24) is 25.1 Å². The highest BCUT2D eigenvalue weighted by Gasteiger charge is 2.34. The molecule has 1 fully saturated rings. The van der Waals surface area contributed by atoms with Gasteiger partial charge in [-0.3, -0.25) is 9.69 Å². The number of aromatic nitrogens is 4. The molecule has 152 valence electrons. The number of nitrogens with two attached hydrogens (primary N) is 1. The monoisotopic (exact) mass is 388 g/mol. The largest absolute Gasteiger partial charge is 0.497 e. The Kier molecular flexibility index (Phi) is 6.13. The molecule has 2 aromatic rings. The second kappa shape index (κ2) is 8.55. The van der Waals surface area contributed by atoms with Crippen molar-refractivity contribution < 1.29 is 14.3 Å². The molecular formula is C19H28N6O3. The summed E-state index contributed by atoms with van der Waals surface area (Å²) < 4.78 is 12.8. The molecule has 1 aromatic carbocycles. The normalized spacial score (nSPS) is 16.9. The molecule has 1 amide bonds. The van der Waals surface area contributed by atoms with E-state index in [4.69, 9.17) is 15.2 Å². The Labute approximate surface area is 164 Å². The fourth-order valence-electron chi connectivity index (χ4n) is 3.73. The molecule has 0 radical (unpaired) electrons. The van der Waals surface area contributed by atoms with Gasteiger partial charge in [0.05, 0.1) is 20.3 Å². The van der Waals surface area contributed by atoms with Crippen LogP contribution in [0.1, 0.15) is 50.2 Å². The second-order valence-electron chi connectivity index (χ2n) is 7.30. The lowest BCUT2D eigenvalue weighted by atomic mass is 9.93. The summed E-state index contributed by atoms with van der Waals surface area (Å²) in [5, 5.41) is 12.4. The highest BCUT2D eigenvalue weighted by molar-refractivity contribution is 5.76. The number of benzene rings is 1. The van der Waals surface area contributed by atoms with Gasteiger partial charge in [-0.05, 0) is 62.3 Å². The first-order valence-electron chi connectivity index (χ1n) is 9.49. The van der Waals surface area contributed by atoms with Gasteiger partial charge in [-0.25, -0.2) is 4.68 Å². The van der Waals surface area contributed by atoms with Crippen LogP contribution in [0.5, 0.6) is 11.5 Å². The number of ether oxygens (including phenoxy) is 2. The molecule has 0 bridgehead atoms. The molecular weight excluding hydrogens is 360 g/mol. The van der Waals surface area contributed by atoms with E-state index in [2.05, 4.69) is 20.4 Å². The molecule has 2 heterocycles. The van der Waals surface area contributed by atoms with E-state index in [1.807, 2.05) is 36.7 Å². The van der Waals surface area contributed by atoms with Crippen LogP contribution in [0.25, 0.3) is 0 Å². The Balaban J connectivity index is 2.03. The number of rotatable bonds is 7. The standard InChI is InChI=1S/C19H28N6O3/c1-12(2)25-19(21-22-23-25)17(24-9-7-13(8-10-24)18(20)26)15-6-5-14(27-3)11-16(15)28-4/h5-6,11-13,17H,7-10H2,1-4H3,(H2,20,26). The van der Waals surface area contributed by atoms with Gasteiger partial charge in [-0.1, -0.05) is 0 Å². The summed E-state index contributed by atoms with van der Waals surface area (Å²) in [6.45, 7) is 5.53. The van der Waals surface area contributed by atoms with Crippen LogP contribution in [0, 0.1) is 5.92 Å². The lowest BCUT2D eigenvalue weighted by molar-refractivity contribution is -0.123. The van der Waals surface area contributed by atoms with Crippen LogP contribution >= 0.6 is 0 Å². The van der Waals surface area contributed by atoms with E-state index < -0.39 is 0 Å². The molecule has 1 saturated heterocycles. The molecule has 0 saturated carbocycles. The third-order valence-corrected chi connectivity index (χ3v) is 5.28. The van der Waals surface area contributed by atoms with Crippen molar-refractivity contribution in [3.05, 3.63) is 29.6 Å². The van der Waals surface area contributed by atoms with E-state index >= 15 is 0 Å². The maximum Gasteiger partial charge on any atom is 0.220 e. The first kappa shape index (κ1) is 20.1. The summed E-state index contributed by atoms with van der Waals surface area (Å²) in [6, 6.07) is 5.67. The minimum absolute atomic E-state index is 0.0873. The zero-order chi connectivity index (χ0) is 20.3. The van der Waals surface area contributed by atoms with Crippen LogP contribution in [-0.4, -0.2) is 58.3 Å². The molecule has 1 aliphatic heterocycles. The van der Waals surface area contributed by atoms with Crippen molar-refractivity contribution in [3.8, 4) is 11.5 Å². The number of methoxy groups -OCH3 is 2. The number of hydrogen-bond donors (Lipinski definition) is 1. The number of carbonyl (C=O) groups is 1. The molecule has 9 nitrogen and oxygen atoms in total. The molecule has 3 rings (SSSR count).